The van der Waals surface area contributed by atoms with E-state index in [0.717, 1.165) is 30.8 Å². The molecule has 0 saturated carbocycles. The summed E-state index contributed by atoms with van der Waals surface area (Å²) in [6, 6.07) is 5.43. The molecule has 2 aromatic rings. The van der Waals surface area contributed by atoms with Crippen molar-refractivity contribution in [2.24, 2.45) is 5.92 Å². The van der Waals surface area contributed by atoms with Gasteiger partial charge in [-0.2, -0.15) is 4.98 Å². The Balaban J connectivity index is 2.10. The minimum Gasteiger partial charge on any atom is -0.370 e. The first-order chi connectivity index (χ1) is 10.4. The molecule has 1 heterocycles. The van der Waals surface area contributed by atoms with E-state index in [1.807, 2.05) is 13.0 Å². The van der Waals surface area contributed by atoms with Gasteiger partial charge in [0.2, 0.25) is 5.95 Å². The molecule has 2 N–H and O–H groups in total. The van der Waals surface area contributed by atoms with Gasteiger partial charge in [-0.05, 0) is 31.4 Å². The first-order valence-electron chi connectivity index (χ1n) is 7.25. The van der Waals surface area contributed by atoms with E-state index < -0.39 is 11.6 Å². The van der Waals surface area contributed by atoms with Crippen molar-refractivity contribution in [2.45, 2.75) is 27.2 Å². The van der Waals surface area contributed by atoms with Crippen molar-refractivity contribution >= 4 is 17.5 Å². The first-order valence-corrected chi connectivity index (χ1v) is 7.25. The molecule has 0 aliphatic rings. The van der Waals surface area contributed by atoms with Crippen LogP contribution in [0.4, 0.5) is 26.2 Å². The summed E-state index contributed by atoms with van der Waals surface area (Å²) in [6.45, 7) is 6.98. The van der Waals surface area contributed by atoms with Gasteiger partial charge in [0.1, 0.15) is 5.82 Å². The van der Waals surface area contributed by atoms with E-state index in [2.05, 4.69) is 34.4 Å². The normalized spacial score (nSPS) is 10.8. The van der Waals surface area contributed by atoms with Crippen LogP contribution in [0.5, 0.6) is 0 Å². The molecular formula is C16H20F2N4. The van der Waals surface area contributed by atoms with Crippen LogP contribution in [0.2, 0.25) is 0 Å². The number of nitrogens with zero attached hydrogens (tertiary/aromatic N) is 2. The smallest absolute Gasteiger partial charge is 0.229 e. The zero-order valence-electron chi connectivity index (χ0n) is 13.0. The number of halogens is 2. The molecule has 0 atom stereocenters. The minimum absolute atomic E-state index is 0.345. The summed E-state index contributed by atoms with van der Waals surface area (Å²) in [5.41, 5.74) is 1.18. The van der Waals surface area contributed by atoms with Crippen LogP contribution in [0.25, 0.3) is 0 Å². The Morgan fingerprint density at radius 1 is 1.09 bits per heavy atom. The largest absolute Gasteiger partial charge is 0.370 e. The van der Waals surface area contributed by atoms with Gasteiger partial charge >= 0.3 is 0 Å². The van der Waals surface area contributed by atoms with E-state index >= 15 is 0 Å². The van der Waals surface area contributed by atoms with Gasteiger partial charge < -0.3 is 10.6 Å². The lowest BCUT2D eigenvalue weighted by Gasteiger charge is -2.11. The molecule has 118 valence electrons. The fourth-order valence-corrected chi connectivity index (χ4v) is 1.91. The highest BCUT2D eigenvalue weighted by atomic mass is 19.2. The van der Waals surface area contributed by atoms with Crippen LogP contribution in [-0.4, -0.2) is 16.5 Å². The van der Waals surface area contributed by atoms with Crippen LogP contribution in [0.1, 0.15) is 26.0 Å². The molecule has 4 nitrogen and oxygen atoms in total. The summed E-state index contributed by atoms with van der Waals surface area (Å²) < 4.78 is 26.1. The lowest BCUT2D eigenvalue weighted by molar-refractivity contribution is 0.509. The lowest BCUT2D eigenvalue weighted by Crippen LogP contribution is -2.08. The highest BCUT2D eigenvalue weighted by Crippen LogP contribution is 2.18. The quantitative estimate of drug-likeness (QED) is 0.837. The predicted molar refractivity (Wildman–Crippen MR) is 84.4 cm³/mol. The van der Waals surface area contributed by atoms with Gasteiger partial charge in [0.25, 0.3) is 0 Å². The average molecular weight is 306 g/mol. The fraction of sp³-hybridized carbons (Fsp3) is 0.375. The van der Waals surface area contributed by atoms with Gasteiger partial charge in [-0.15, -0.1) is 0 Å². The highest BCUT2D eigenvalue weighted by molar-refractivity contribution is 5.55. The number of hydrogen-bond donors (Lipinski definition) is 2. The number of benzene rings is 1. The molecule has 1 aromatic carbocycles. The molecule has 0 amide bonds. The van der Waals surface area contributed by atoms with Crippen molar-refractivity contribution < 1.29 is 8.78 Å². The van der Waals surface area contributed by atoms with E-state index in [9.17, 15) is 8.78 Å². The van der Waals surface area contributed by atoms with E-state index in [1.165, 1.54) is 6.07 Å². The molecule has 0 fully saturated rings. The maximum Gasteiger partial charge on any atom is 0.229 e. The molecule has 2 rings (SSSR count). The van der Waals surface area contributed by atoms with Gasteiger partial charge in [0.05, 0.1) is 0 Å². The van der Waals surface area contributed by atoms with E-state index in [1.54, 1.807) is 0 Å². The number of anilines is 3. The van der Waals surface area contributed by atoms with Crippen LogP contribution >= 0.6 is 0 Å². The SMILES string of the molecule is Cc1cc(NCCC(C)C)nc(Nc2ccc(F)c(F)c2)n1. The van der Waals surface area contributed by atoms with Crippen LogP contribution in [0, 0.1) is 24.5 Å². The molecule has 0 aliphatic carbocycles. The molecule has 0 saturated heterocycles. The second-order valence-electron chi connectivity index (χ2n) is 5.58. The van der Waals surface area contributed by atoms with Gasteiger partial charge in [0, 0.05) is 30.1 Å². The second kappa shape index (κ2) is 7.15. The first kappa shape index (κ1) is 16.1. The third kappa shape index (κ3) is 4.65. The Labute approximate surface area is 129 Å². The minimum atomic E-state index is -0.909. The molecule has 6 heteroatoms. The van der Waals surface area contributed by atoms with Crippen molar-refractivity contribution in [1.29, 1.82) is 0 Å². The summed E-state index contributed by atoms with van der Waals surface area (Å²) in [5.74, 6) is -0.133. The number of aryl methyl sites for hydroxylation is 1. The Bertz CT molecular complexity index is 644. The zero-order valence-corrected chi connectivity index (χ0v) is 13.0. The third-order valence-electron chi connectivity index (χ3n) is 3.06. The number of nitrogens with one attached hydrogen (secondary N) is 2. The van der Waals surface area contributed by atoms with E-state index in [0.29, 0.717) is 23.4 Å². The van der Waals surface area contributed by atoms with Crippen molar-refractivity contribution in [1.82, 2.24) is 9.97 Å². The standard InChI is InChI=1S/C16H20F2N4/c1-10(2)6-7-19-15-8-11(3)20-16(22-15)21-12-4-5-13(17)14(18)9-12/h4-5,8-10H,6-7H2,1-3H3,(H2,19,20,21,22). The van der Waals surface area contributed by atoms with Crippen molar-refractivity contribution in [3.8, 4) is 0 Å². The van der Waals surface area contributed by atoms with Gasteiger partial charge in [-0.3, -0.25) is 0 Å². The number of hydrogen-bond acceptors (Lipinski definition) is 4. The summed E-state index contributed by atoms with van der Waals surface area (Å²) >= 11 is 0. The molecule has 0 unspecified atom stereocenters. The Morgan fingerprint density at radius 3 is 2.55 bits per heavy atom. The maximum absolute atomic E-state index is 13.2. The topological polar surface area (TPSA) is 49.8 Å². The summed E-state index contributed by atoms with van der Waals surface area (Å²) in [6.07, 6.45) is 1.04. The average Bonchev–Trinajstić information content (AvgIpc) is 2.42. The molecular weight excluding hydrogens is 286 g/mol. The molecule has 0 spiro atoms. The van der Waals surface area contributed by atoms with Crippen molar-refractivity contribution in [3.05, 3.63) is 41.6 Å². The Morgan fingerprint density at radius 2 is 1.86 bits per heavy atom. The molecule has 1 aromatic heterocycles. The predicted octanol–water partition coefficient (Wildman–Crippen LogP) is 4.26. The van der Waals surface area contributed by atoms with Gasteiger partial charge in [-0.25, -0.2) is 13.8 Å². The molecule has 22 heavy (non-hydrogen) atoms. The summed E-state index contributed by atoms with van der Waals surface area (Å²) in [4.78, 5) is 8.57. The zero-order chi connectivity index (χ0) is 16.1. The Hall–Kier alpha value is -2.24. The van der Waals surface area contributed by atoms with Crippen LogP contribution in [-0.2, 0) is 0 Å². The second-order valence-corrected chi connectivity index (χ2v) is 5.58. The van der Waals surface area contributed by atoms with Crippen molar-refractivity contribution in [2.75, 3.05) is 17.2 Å². The van der Waals surface area contributed by atoms with Crippen LogP contribution in [0.15, 0.2) is 24.3 Å². The monoisotopic (exact) mass is 306 g/mol. The molecule has 0 aliphatic heterocycles. The number of aromatic nitrogens is 2. The highest BCUT2D eigenvalue weighted by Gasteiger charge is 2.06. The molecule has 0 bridgehead atoms. The third-order valence-corrected chi connectivity index (χ3v) is 3.06. The van der Waals surface area contributed by atoms with Crippen LogP contribution < -0.4 is 10.6 Å². The van der Waals surface area contributed by atoms with Crippen LogP contribution in [0.3, 0.4) is 0 Å². The number of rotatable bonds is 6. The fourth-order valence-electron chi connectivity index (χ4n) is 1.91. The molecule has 0 radical (unpaired) electrons. The van der Waals surface area contributed by atoms with E-state index in [-0.39, 0.29) is 0 Å². The maximum atomic E-state index is 13.2. The summed E-state index contributed by atoms with van der Waals surface area (Å²) in [7, 11) is 0. The van der Waals surface area contributed by atoms with Gasteiger partial charge in [-0.1, -0.05) is 13.8 Å². The lowest BCUT2D eigenvalue weighted by atomic mass is 10.1. The van der Waals surface area contributed by atoms with Crippen molar-refractivity contribution in [3.63, 3.8) is 0 Å². The Kier molecular flexibility index (Phi) is 5.25. The van der Waals surface area contributed by atoms with E-state index in [4.69, 9.17) is 0 Å². The summed E-state index contributed by atoms with van der Waals surface area (Å²) in [5, 5.41) is 6.12. The van der Waals surface area contributed by atoms with Gasteiger partial charge in [0.15, 0.2) is 11.6 Å².